The molecule has 0 radical (unpaired) electrons. The summed E-state index contributed by atoms with van der Waals surface area (Å²) in [6.45, 7) is 1.89. The van der Waals surface area contributed by atoms with Crippen LogP contribution in [0.15, 0.2) is 45.9 Å². The van der Waals surface area contributed by atoms with Crippen molar-refractivity contribution in [3.63, 3.8) is 0 Å². The zero-order valence-electron chi connectivity index (χ0n) is 13.7. The van der Waals surface area contributed by atoms with Gasteiger partial charge in [-0.15, -0.1) is 0 Å². The molecule has 1 aliphatic rings. The van der Waals surface area contributed by atoms with Crippen LogP contribution < -0.4 is 4.74 Å². The van der Waals surface area contributed by atoms with Gasteiger partial charge < -0.3 is 14.3 Å². The third-order valence-electron chi connectivity index (χ3n) is 3.81. The lowest BCUT2D eigenvalue weighted by atomic mass is 10.1. The molecule has 1 amide bonds. The molecular weight excluding hydrogens is 353 g/mol. The van der Waals surface area contributed by atoms with E-state index in [0.717, 1.165) is 11.8 Å². The minimum absolute atomic E-state index is 0.0104. The number of carbonyl (C=O) groups is 1. The SMILES string of the molecule is Cc1cccc(OCc2ccc(C(=O)N3N=CCC3(O)C(F)(F)F)o2)c1. The van der Waals surface area contributed by atoms with Crippen molar-refractivity contribution in [1.82, 2.24) is 5.01 Å². The predicted octanol–water partition coefficient (Wildman–Crippen LogP) is 3.25. The van der Waals surface area contributed by atoms with Crippen molar-refractivity contribution in [2.75, 3.05) is 0 Å². The Morgan fingerprint density at radius 2 is 2.15 bits per heavy atom. The summed E-state index contributed by atoms with van der Waals surface area (Å²) in [5.74, 6) is -0.742. The molecule has 0 spiro atoms. The summed E-state index contributed by atoms with van der Waals surface area (Å²) in [6, 6.07) is 9.87. The molecule has 2 aromatic rings. The minimum atomic E-state index is -5.05. The van der Waals surface area contributed by atoms with Gasteiger partial charge in [0.2, 0.25) is 0 Å². The van der Waals surface area contributed by atoms with E-state index >= 15 is 0 Å². The van der Waals surface area contributed by atoms with Gasteiger partial charge in [-0.2, -0.15) is 23.3 Å². The average molecular weight is 368 g/mol. The number of alkyl halides is 3. The first-order chi connectivity index (χ1) is 12.2. The summed E-state index contributed by atoms with van der Waals surface area (Å²) in [5, 5.41) is 13.1. The van der Waals surface area contributed by atoms with Gasteiger partial charge in [0.25, 0.3) is 5.72 Å². The molecule has 0 saturated carbocycles. The van der Waals surface area contributed by atoms with E-state index in [1.807, 2.05) is 19.1 Å². The van der Waals surface area contributed by atoms with Crippen LogP contribution in [0.5, 0.6) is 5.75 Å². The van der Waals surface area contributed by atoms with Gasteiger partial charge >= 0.3 is 12.1 Å². The van der Waals surface area contributed by atoms with Crippen LogP contribution in [0.25, 0.3) is 0 Å². The van der Waals surface area contributed by atoms with Crippen LogP contribution in [-0.4, -0.2) is 34.1 Å². The van der Waals surface area contributed by atoms with E-state index in [1.54, 1.807) is 12.1 Å². The van der Waals surface area contributed by atoms with Crippen LogP contribution in [0.3, 0.4) is 0 Å². The van der Waals surface area contributed by atoms with Crippen LogP contribution in [0.2, 0.25) is 0 Å². The van der Waals surface area contributed by atoms with E-state index in [9.17, 15) is 23.1 Å². The molecule has 1 aromatic carbocycles. The van der Waals surface area contributed by atoms with E-state index < -0.39 is 24.2 Å². The molecule has 0 aliphatic carbocycles. The van der Waals surface area contributed by atoms with Crippen LogP contribution in [-0.2, 0) is 6.61 Å². The fourth-order valence-electron chi connectivity index (χ4n) is 2.42. The highest BCUT2D eigenvalue weighted by molar-refractivity contribution is 5.93. The molecule has 9 heteroatoms. The highest BCUT2D eigenvalue weighted by Crippen LogP contribution is 2.39. The van der Waals surface area contributed by atoms with Gasteiger partial charge in [0.1, 0.15) is 18.1 Å². The highest BCUT2D eigenvalue weighted by atomic mass is 19.4. The molecule has 26 heavy (non-hydrogen) atoms. The summed E-state index contributed by atoms with van der Waals surface area (Å²) >= 11 is 0. The van der Waals surface area contributed by atoms with Crippen molar-refractivity contribution < 1.29 is 32.2 Å². The summed E-state index contributed by atoms with van der Waals surface area (Å²) in [4.78, 5) is 12.3. The van der Waals surface area contributed by atoms with Crippen LogP contribution in [0, 0.1) is 6.92 Å². The highest BCUT2D eigenvalue weighted by Gasteiger charge is 2.61. The van der Waals surface area contributed by atoms with Gasteiger partial charge in [0.05, 0.1) is 0 Å². The molecule has 3 rings (SSSR count). The lowest BCUT2D eigenvalue weighted by Gasteiger charge is -2.31. The van der Waals surface area contributed by atoms with Gasteiger partial charge in [-0.3, -0.25) is 4.79 Å². The molecule has 1 N–H and O–H groups in total. The standard InChI is InChI=1S/C17H15F3N2O4/c1-11-3-2-4-12(9-11)25-10-13-5-6-14(26-13)15(23)22-16(24,7-8-21-22)17(18,19)20/h2-6,8-9,24H,7,10H2,1H3. The van der Waals surface area contributed by atoms with Crippen molar-refractivity contribution in [2.45, 2.75) is 31.9 Å². The average Bonchev–Trinajstić information content (AvgIpc) is 3.19. The van der Waals surface area contributed by atoms with E-state index in [-0.39, 0.29) is 23.1 Å². The second kappa shape index (κ2) is 6.49. The predicted molar refractivity (Wildman–Crippen MR) is 84.5 cm³/mol. The molecule has 1 atom stereocenters. The van der Waals surface area contributed by atoms with Gasteiger partial charge in [-0.25, -0.2) is 0 Å². The molecule has 6 nitrogen and oxygen atoms in total. The minimum Gasteiger partial charge on any atom is -0.486 e. The second-order valence-electron chi connectivity index (χ2n) is 5.80. The fourth-order valence-corrected chi connectivity index (χ4v) is 2.42. The summed E-state index contributed by atoms with van der Waals surface area (Å²) < 4.78 is 49.9. The largest absolute Gasteiger partial charge is 0.486 e. The number of rotatable bonds is 4. The number of halogens is 3. The molecule has 2 heterocycles. The maximum Gasteiger partial charge on any atom is 0.438 e. The van der Waals surface area contributed by atoms with E-state index in [2.05, 4.69) is 5.10 Å². The number of amides is 1. The molecule has 0 bridgehead atoms. The summed E-state index contributed by atoms with van der Waals surface area (Å²) in [6.07, 6.45) is -5.06. The molecule has 0 fully saturated rings. The number of aryl methyl sites for hydroxylation is 1. The number of hydrogen-bond donors (Lipinski definition) is 1. The zero-order valence-corrected chi connectivity index (χ0v) is 13.7. The molecule has 138 valence electrons. The van der Waals surface area contributed by atoms with Gasteiger partial charge in [0.15, 0.2) is 5.76 Å². The zero-order chi connectivity index (χ0) is 18.9. The Bertz CT molecular complexity index is 847. The summed E-state index contributed by atoms with van der Waals surface area (Å²) in [5.41, 5.74) is -2.38. The van der Waals surface area contributed by atoms with Crippen LogP contribution in [0.4, 0.5) is 13.2 Å². The third kappa shape index (κ3) is 3.30. The third-order valence-corrected chi connectivity index (χ3v) is 3.81. The fraction of sp³-hybridized carbons (Fsp3) is 0.294. The number of hydrazone groups is 1. The Morgan fingerprint density at radius 1 is 1.38 bits per heavy atom. The Kier molecular flexibility index (Phi) is 4.49. The Hall–Kier alpha value is -2.81. The lowest BCUT2D eigenvalue weighted by molar-refractivity contribution is -0.297. The number of nitrogens with zero attached hydrogens (tertiary/aromatic N) is 2. The van der Waals surface area contributed by atoms with Crippen molar-refractivity contribution in [2.24, 2.45) is 5.10 Å². The number of hydrogen-bond acceptors (Lipinski definition) is 5. The maximum atomic E-state index is 13.0. The topological polar surface area (TPSA) is 75.3 Å². The first-order valence-corrected chi connectivity index (χ1v) is 7.65. The van der Waals surface area contributed by atoms with Crippen molar-refractivity contribution >= 4 is 12.1 Å². The number of aliphatic hydroxyl groups is 1. The molecule has 1 unspecified atom stereocenters. The quantitative estimate of drug-likeness (QED) is 0.899. The Labute approximate surface area is 146 Å². The van der Waals surface area contributed by atoms with E-state index in [1.165, 1.54) is 12.1 Å². The molecule has 1 aliphatic heterocycles. The van der Waals surface area contributed by atoms with E-state index in [4.69, 9.17) is 9.15 Å². The number of ether oxygens (including phenoxy) is 1. The van der Waals surface area contributed by atoms with Gasteiger partial charge in [0, 0.05) is 12.6 Å². The lowest BCUT2D eigenvalue weighted by Crippen LogP contribution is -2.56. The Balaban J connectivity index is 1.71. The van der Waals surface area contributed by atoms with Gasteiger partial charge in [-0.05, 0) is 36.8 Å². The maximum absolute atomic E-state index is 13.0. The van der Waals surface area contributed by atoms with Crippen LogP contribution >= 0.6 is 0 Å². The monoisotopic (exact) mass is 368 g/mol. The molecule has 1 aromatic heterocycles. The first kappa shape index (κ1) is 18.0. The van der Waals surface area contributed by atoms with Gasteiger partial charge in [-0.1, -0.05) is 12.1 Å². The second-order valence-corrected chi connectivity index (χ2v) is 5.80. The Morgan fingerprint density at radius 3 is 2.85 bits per heavy atom. The number of carbonyl (C=O) groups excluding carboxylic acids is 1. The van der Waals surface area contributed by atoms with Crippen molar-refractivity contribution in [3.05, 3.63) is 53.5 Å². The molecule has 0 saturated heterocycles. The first-order valence-electron chi connectivity index (χ1n) is 7.65. The van der Waals surface area contributed by atoms with E-state index in [0.29, 0.717) is 5.75 Å². The van der Waals surface area contributed by atoms with Crippen LogP contribution in [0.1, 0.15) is 28.3 Å². The van der Waals surface area contributed by atoms with Crippen molar-refractivity contribution in [3.8, 4) is 5.75 Å². The number of benzene rings is 1. The molecular formula is C17H15F3N2O4. The van der Waals surface area contributed by atoms with Crippen molar-refractivity contribution in [1.29, 1.82) is 0 Å². The smallest absolute Gasteiger partial charge is 0.438 e. The normalized spacial score (nSPS) is 19.8. The number of furan rings is 1. The summed E-state index contributed by atoms with van der Waals surface area (Å²) in [7, 11) is 0.